The molecule has 0 aliphatic rings. The van der Waals surface area contributed by atoms with Gasteiger partial charge in [-0.3, -0.25) is 10.0 Å². The molecule has 53 valence electrons. The predicted octanol–water partition coefficient (Wildman–Crippen LogP) is -2.02. The van der Waals surface area contributed by atoms with Gasteiger partial charge in [0.1, 0.15) is 6.54 Å². The molecular formula is C3H4N5O2. The molecule has 1 aromatic rings. The Morgan fingerprint density at radius 3 is 3.10 bits per heavy atom. The fraction of sp³-hybridized carbons (Fsp3) is 0.333. The van der Waals surface area contributed by atoms with Crippen molar-refractivity contribution in [2.24, 2.45) is 0 Å². The lowest BCUT2D eigenvalue weighted by Gasteiger charge is -1.93. The van der Waals surface area contributed by atoms with E-state index in [9.17, 15) is 4.79 Å². The molecule has 0 spiro atoms. The van der Waals surface area contributed by atoms with Crippen molar-refractivity contribution < 1.29 is 10.0 Å². The van der Waals surface area contributed by atoms with E-state index in [0.717, 1.165) is 4.68 Å². The highest BCUT2D eigenvalue weighted by molar-refractivity contribution is 5.74. The summed E-state index contributed by atoms with van der Waals surface area (Å²) in [6.07, 6.45) is 2.27. The summed E-state index contributed by atoms with van der Waals surface area (Å²) >= 11 is 0. The Morgan fingerprint density at radius 1 is 1.80 bits per heavy atom. The van der Waals surface area contributed by atoms with Crippen LogP contribution in [-0.2, 0) is 11.3 Å². The van der Waals surface area contributed by atoms with Gasteiger partial charge in [0.2, 0.25) is 6.33 Å². The second-order valence-corrected chi connectivity index (χ2v) is 1.47. The number of carbonyl (C=O) groups excluding carboxylic acids is 1. The molecule has 2 N–H and O–H groups in total. The molecule has 10 heavy (non-hydrogen) atoms. The molecule has 0 aromatic carbocycles. The van der Waals surface area contributed by atoms with E-state index < -0.39 is 5.91 Å². The minimum atomic E-state index is -0.594. The number of hydrogen-bond donors (Lipinski definition) is 2. The Balaban J connectivity index is 2.48. The number of carbonyl (C=O) groups is 1. The van der Waals surface area contributed by atoms with Crippen LogP contribution >= 0.6 is 0 Å². The fourth-order valence-corrected chi connectivity index (χ4v) is 0.398. The molecule has 0 aliphatic carbocycles. The second-order valence-electron chi connectivity index (χ2n) is 1.47. The van der Waals surface area contributed by atoms with Crippen LogP contribution in [0.2, 0.25) is 0 Å². The van der Waals surface area contributed by atoms with E-state index in [-0.39, 0.29) is 6.54 Å². The highest BCUT2D eigenvalue weighted by Gasteiger charge is 2.00. The first-order valence-electron chi connectivity index (χ1n) is 2.39. The van der Waals surface area contributed by atoms with Gasteiger partial charge >= 0.3 is 0 Å². The van der Waals surface area contributed by atoms with Crippen LogP contribution in [0.5, 0.6) is 0 Å². The van der Waals surface area contributed by atoms with Crippen molar-refractivity contribution in [1.29, 1.82) is 0 Å². The molecule has 1 heterocycles. The lowest BCUT2D eigenvalue weighted by Crippen LogP contribution is -2.24. The number of nitrogens with zero attached hydrogens (tertiary/aromatic N) is 4. The highest BCUT2D eigenvalue weighted by Crippen LogP contribution is 1.74. The van der Waals surface area contributed by atoms with Gasteiger partial charge in [0.25, 0.3) is 5.91 Å². The lowest BCUT2D eigenvalue weighted by molar-refractivity contribution is -0.130. The second kappa shape index (κ2) is 2.87. The normalized spacial score (nSPS) is 9.30. The van der Waals surface area contributed by atoms with Gasteiger partial charge in [0.05, 0.1) is 0 Å². The summed E-state index contributed by atoms with van der Waals surface area (Å²) in [5.41, 5.74) is 1.43. The Hall–Kier alpha value is -1.50. The van der Waals surface area contributed by atoms with Gasteiger partial charge in [-0.25, -0.2) is 10.2 Å². The van der Waals surface area contributed by atoms with Crippen molar-refractivity contribution in [3.8, 4) is 0 Å². The van der Waals surface area contributed by atoms with Gasteiger partial charge in [-0.1, -0.05) is 0 Å². The molecule has 1 amide bonds. The maximum atomic E-state index is 10.4. The number of hydroxylamine groups is 1. The number of aromatic nitrogens is 4. The molecule has 7 heteroatoms. The van der Waals surface area contributed by atoms with E-state index in [4.69, 9.17) is 5.21 Å². The lowest BCUT2D eigenvalue weighted by atomic mass is 10.6. The first kappa shape index (κ1) is 6.62. The summed E-state index contributed by atoms with van der Waals surface area (Å²) in [7, 11) is 0. The number of nitrogens with one attached hydrogen (secondary N) is 1. The predicted molar refractivity (Wildman–Crippen MR) is 26.6 cm³/mol. The van der Waals surface area contributed by atoms with Gasteiger partial charge < -0.3 is 0 Å². The topological polar surface area (TPSA) is 92.9 Å². The molecular weight excluding hydrogens is 138 g/mol. The van der Waals surface area contributed by atoms with Crippen LogP contribution in [0.25, 0.3) is 0 Å². The molecule has 0 saturated carbocycles. The minimum absolute atomic E-state index is 0.135. The Kier molecular flexibility index (Phi) is 1.90. The third-order valence-electron chi connectivity index (χ3n) is 0.771. The van der Waals surface area contributed by atoms with Crippen molar-refractivity contribution in [2.45, 2.75) is 6.54 Å². The van der Waals surface area contributed by atoms with E-state index in [1.807, 2.05) is 0 Å². The molecule has 1 radical (unpaired) electrons. The first-order valence-corrected chi connectivity index (χ1v) is 2.39. The number of amides is 1. The standard InChI is InChI=1S/C3H4N5O2/c9-3(5-10)1-8-2-4-6-7-8/h10H,1H2,(H,5,9). The summed E-state index contributed by atoms with van der Waals surface area (Å²) in [5.74, 6) is -0.594. The Morgan fingerprint density at radius 2 is 2.60 bits per heavy atom. The van der Waals surface area contributed by atoms with Gasteiger partial charge in [0.15, 0.2) is 0 Å². The van der Waals surface area contributed by atoms with Crippen molar-refractivity contribution >= 4 is 5.91 Å². The molecule has 0 saturated heterocycles. The first-order chi connectivity index (χ1) is 4.83. The molecule has 0 atom stereocenters. The maximum absolute atomic E-state index is 10.4. The number of hydrogen-bond acceptors (Lipinski definition) is 5. The van der Waals surface area contributed by atoms with Crippen LogP contribution in [0.15, 0.2) is 0 Å². The maximum Gasteiger partial charge on any atom is 0.265 e. The quantitative estimate of drug-likeness (QED) is 0.367. The zero-order chi connectivity index (χ0) is 7.40. The van der Waals surface area contributed by atoms with Gasteiger partial charge in [-0.05, 0) is 10.4 Å². The Labute approximate surface area is 55.6 Å². The molecule has 0 aliphatic heterocycles. The highest BCUT2D eigenvalue weighted by atomic mass is 16.5. The Bertz CT molecular complexity index is 207. The molecule has 7 nitrogen and oxygen atoms in total. The van der Waals surface area contributed by atoms with E-state index in [1.165, 1.54) is 5.48 Å². The zero-order valence-corrected chi connectivity index (χ0v) is 4.85. The summed E-state index contributed by atoms with van der Waals surface area (Å²) < 4.78 is 1.06. The fourth-order valence-electron chi connectivity index (χ4n) is 0.398. The molecule has 1 aromatic heterocycles. The van der Waals surface area contributed by atoms with Gasteiger partial charge in [0, 0.05) is 0 Å². The SMILES string of the molecule is O=C(Cn1[c]nnn1)NO. The monoisotopic (exact) mass is 142 g/mol. The largest absolute Gasteiger partial charge is 0.289 e. The number of rotatable bonds is 2. The molecule has 0 fully saturated rings. The summed E-state index contributed by atoms with van der Waals surface area (Å²) in [5, 5.41) is 17.8. The van der Waals surface area contributed by atoms with Crippen LogP contribution in [-0.4, -0.2) is 31.3 Å². The van der Waals surface area contributed by atoms with Crippen LogP contribution in [0.1, 0.15) is 0 Å². The van der Waals surface area contributed by atoms with Crippen molar-refractivity contribution in [1.82, 2.24) is 25.7 Å². The van der Waals surface area contributed by atoms with Crippen molar-refractivity contribution in [3.05, 3.63) is 6.33 Å². The van der Waals surface area contributed by atoms with Crippen LogP contribution in [0.3, 0.4) is 0 Å². The molecule has 1 rings (SSSR count). The van der Waals surface area contributed by atoms with Gasteiger partial charge in [-0.2, -0.15) is 0 Å². The zero-order valence-electron chi connectivity index (χ0n) is 4.85. The molecule has 0 bridgehead atoms. The summed E-state index contributed by atoms with van der Waals surface area (Å²) in [6, 6.07) is 0. The third-order valence-corrected chi connectivity index (χ3v) is 0.771. The summed E-state index contributed by atoms with van der Waals surface area (Å²) in [4.78, 5) is 10.4. The molecule has 0 unspecified atom stereocenters. The van der Waals surface area contributed by atoms with E-state index in [2.05, 4.69) is 21.9 Å². The smallest absolute Gasteiger partial charge is 0.265 e. The van der Waals surface area contributed by atoms with Crippen molar-refractivity contribution in [3.63, 3.8) is 0 Å². The van der Waals surface area contributed by atoms with Crippen LogP contribution in [0.4, 0.5) is 0 Å². The number of tetrazole rings is 1. The average Bonchev–Trinajstić information content (AvgIpc) is 2.40. The van der Waals surface area contributed by atoms with E-state index >= 15 is 0 Å². The summed E-state index contributed by atoms with van der Waals surface area (Å²) in [6.45, 7) is -0.135. The van der Waals surface area contributed by atoms with Gasteiger partial charge in [-0.15, -0.1) is 5.10 Å². The van der Waals surface area contributed by atoms with Crippen molar-refractivity contribution in [2.75, 3.05) is 0 Å². The minimum Gasteiger partial charge on any atom is -0.289 e. The third kappa shape index (κ3) is 1.49. The van der Waals surface area contributed by atoms with E-state index in [0.29, 0.717) is 0 Å². The van der Waals surface area contributed by atoms with E-state index in [1.54, 1.807) is 0 Å². The van der Waals surface area contributed by atoms with Crippen LogP contribution in [0, 0.1) is 6.33 Å². The van der Waals surface area contributed by atoms with Crippen LogP contribution < -0.4 is 5.48 Å². The average molecular weight is 142 g/mol.